The molecule has 4 heteroatoms. The van der Waals surface area contributed by atoms with Crippen LogP contribution in [0.3, 0.4) is 0 Å². The Morgan fingerprint density at radius 2 is 1.75 bits per heavy atom. The van der Waals surface area contributed by atoms with E-state index in [0.29, 0.717) is 15.7 Å². The van der Waals surface area contributed by atoms with Crippen molar-refractivity contribution in [2.45, 2.75) is 18.9 Å². The van der Waals surface area contributed by atoms with Gasteiger partial charge >= 0.3 is 0 Å². The van der Waals surface area contributed by atoms with E-state index in [1.807, 2.05) is 12.1 Å². The second-order valence-electron chi connectivity index (χ2n) is 5.06. The van der Waals surface area contributed by atoms with E-state index in [1.54, 1.807) is 18.2 Å². The SMILES string of the molecule is Nc1cccc(C(=O)NC2Cc3ccccc3C2)c1Br. The molecule has 102 valence electrons. The van der Waals surface area contributed by atoms with Gasteiger partial charge in [-0.15, -0.1) is 0 Å². The summed E-state index contributed by atoms with van der Waals surface area (Å²) in [5.74, 6) is -0.0815. The van der Waals surface area contributed by atoms with Crippen LogP contribution in [-0.4, -0.2) is 11.9 Å². The lowest BCUT2D eigenvalue weighted by Gasteiger charge is -2.13. The largest absolute Gasteiger partial charge is 0.398 e. The number of hydrogen-bond acceptors (Lipinski definition) is 2. The Bertz CT molecular complexity index is 644. The number of hydrogen-bond donors (Lipinski definition) is 2. The Balaban J connectivity index is 1.74. The van der Waals surface area contributed by atoms with Gasteiger partial charge in [0.1, 0.15) is 0 Å². The van der Waals surface area contributed by atoms with Crippen LogP contribution in [0.2, 0.25) is 0 Å². The highest BCUT2D eigenvalue weighted by molar-refractivity contribution is 9.10. The fraction of sp³-hybridized carbons (Fsp3) is 0.188. The second kappa shape index (κ2) is 5.29. The van der Waals surface area contributed by atoms with Crippen molar-refractivity contribution >= 4 is 27.5 Å². The summed E-state index contributed by atoms with van der Waals surface area (Å²) in [6.45, 7) is 0. The van der Waals surface area contributed by atoms with Gasteiger partial charge in [-0.2, -0.15) is 0 Å². The first-order chi connectivity index (χ1) is 9.65. The molecule has 0 saturated heterocycles. The van der Waals surface area contributed by atoms with Crippen molar-refractivity contribution in [2.24, 2.45) is 0 Å². The van der Waals surface area contributed by atoms with E-state index < -0.39 is 0 Å². The highest BCUT2D eigenvalue weighted by atomic mass is 79.9. The highest BCUT2D eigenvalue weighted by Crippen LogP contribution is 2.25. The molecule has 3 rings (SSSR count). The summed E-state index contributed by atoms with van der Waals surface area (Å²) >= 11 is 3.37. The molecule has 2 aromatic carbocycles. The zero-order chi connectivity index (χ0) is 14.1. The smallest absolute Gasteiger partial charge is 0.252 e. The van der Waals surface area contributed by atoms with Crippen molar-refractivity contribution < 1.29 is 4.79 Å². The molecule has 1 amide bonds. The maximum atomic E-state index is 12.3. The maximum absolute atomic E-state index is 12.3. The lowest BCUT2D eigenvalue weighted by atomic mass is 10.1. The fourth-order valence-corrected chi connectivity index (χ4v) is 3.09. The van der Waals surface area contributed by atoms with Gasteiger partial charge in [0.15, 0.2) is 0 Å². The molecule has 0 aromatic heterocycles. The van der Waals surface area contributed by atoms with E-state index in [-0.39, 0.29) is 11.9 Å². The summed E-state index contributed by atoms with van der Waals surface area (Å²) in [4.78, 5) is 12.3. The number of fused-ring (bicyclic) bond motifs is 1. The third-order valence-corrected chi connectivity index (χ3v) is 4.54. The van der Waals surface area contributed by atoms with Gasteiger partial charge < -0.3 is 11.1 Å². The van der Waals surface area contributed by atoms with Crippen LogP contribution in [0.5, 0.6) is 0 Å². The second-order valence-corrected chi connectivity index (χ2v) is 5.85. The highest BCUT2D eigenvalue weighted by Gasteiger charge is 2.23. The summed E-state index contributed by atoms with van der Waals surface area (Å²) in [6, 6.07) is 13.8. The molecule has 0 unspecified atom stereocenters. The van der Waals surface area contributed by atoms with Crippen molar-refractivity contribution in [3.63, 3.8) is 0 Å². The lowest BCUT2D eigenvalue weighted by molar-refractivity contribution is 0.0938. The zero-order valence-electron chi connectivity index (χ0n) is 10.9. The first-order valence-electron chi connectivity index (χ1n) is 6.57. The third-order valence-electron chi connectivity index (χ3n) is 3.66. The summed E-state index contributed by atoms with van der Waals surface area (Å²) in [6.07, 6.45) is 1.78. The zero-order valence-corrected chi connectivity index (χ0v) is 12.5. The first-order valence-corrected chi connectivity index (χ1v) is 7.36. The number of carbonyl (C=O) groups is 1. The Morgan fingerprint density at radius 3 is 2.40 bits per heavy atom. The standard InChI is InChI=1S/C16H15BrN2O/c17-15-13(6-3-7-14(15)18)16(20)19-12-8-10-4-1-2-5-11(10)9-12/h1-7,12H,8-9,18H2,(H,19,20). The summed E-state index contributed by atoms with van der Waals surface area (Å²) < 4.78 is 0.660. The molecule has 0 saturated carbocycles. The number of amides is 1. The van der Waals surface area contributed by atoms with Crippen molar-refractivity contribution in [1.82, 2.24) is 5.32 Å². The molecule has 1 aliphatic rings. The quantitative estimate of drug-likeness (QED) is 0.832. The number of carbonyl (C=O) groups excluding carboxylic acids is 1. The molecule has 20 heavy (non-hydrogen) atoms. The Kier molecular flexibility index (Phi) is 3.49. The van der Waals surface area contributed by atoms with Crippen molar-refractivity contribution in [1.29, 1.82) is 0 Å². The molecule has 1 aliphatic carbocycles. The topological polar surface area (TPSA) is 55.1 Å². The van der Waals surface area contributed by atoms with Crippen molar-refractivity contribution in [2.75, 3.05) is 5.73 Å². The predicted molar refractivity (Wildman–Crippen MR) is 83.7 cm³/mol. The maximum Gasteiger partial charge on any atom is 0.252 e. The molecular weight excluding hydrogens is 316 g/mol. The number of nitrogens with two attached hydrogens (primary N) is 1. The molecule has 3 N–H and O–H groups in total. The van der Waals surface area contributed by atoms with Crippen LogP contribution >= 0.6 is 15.9 Å². The molecule has 0 atom stereocenters. The van der Waals surface area contributed by atoms with E-state index in [4.69, 9.17) is 5.73 Å². The van der Waals surface area contributed by atoms with Crippen molar-refractivity contribution in [3.05, 3.63) is 63.6 Å². The monoisotopic (exact) mass is 330 g/mol. The van der Waals surface area contributed by atoms with E-state index >= 15 is 0 Å². The number of nitrogen functional groups attached to an aromatic ring is 1. The van der Waals surface area contributed by atoms with Crippen LogP contribution in [0.15, 0.2) is 46.9 Å². The number of anilines is 1. The molecule has 0 aliphatic heterocycles. The van der Waals surface area contributed by atoms with Gasteiger partial charge in [-0.25, -0.2) is 0 Å². The number of halogens is 1. The summed E-state index contributed by atoms with van der Waals surface area (Å²) in [5.41, 5.74) is 9.62. The Hall–Kier alpha value is -1.81. The Labute approximate surface area is 126 Å². The van der Waals surface area contributed by atoms with E-state index in [0.717, 1.165) is 12.8 Å². The average Bonchev–Trinajstić information content (AvgIpc) is 2.83. The molecule has 0 spiro atoms. The van der Waals surface area contributed by atoms with Gasteiger partial charge in [0, 0.05) is 11.7 Å². The van der Waals surface area contributed by atoms with Crippen LogP contribution in [-0.2, 0) is 12.8 Å². The normalized spacial score (nSPS) is 14.1. The molecule has 2 aromatic rings. The van der Waals surface area contributed by atoms with E-state index in [9.17, 15) is 4.79 Å². The average molecular weight is 331 g/mol. The van der Waals surface area contributed by atoms with Gasteiger partial charge in [0.2, 0.25) is 0 Å². The summed E-state index contributed by atoms with van der Waals surface area (Å²) in [7, 11) is 0. The van der Waals surface area contributed by atoms with Crippen molar-refractivity contribution in [3.8, 4) is 0 Å². The lowest BCUT2D eigenvalue weighted by Crippen LogP contribution is -2.35. The summed E-state index contributed by atoms with van der Waals surface area (Å²) in [5, 5.41) is 3.09. The molecular formula is C16H15BrN2O. The van der Waals surface area contributed by atoms with Crippen LogP contribution in [0.1, 0.15) is 21.5 Å². The van der Waals surface area contributed by atoms with Crippen LogP contribution in [0.4, 0.5) is 5.69 Å². The van der Waals surface area contributed by atoms with Gasteiger partial charge in [-0.05, 0) is 52.0 Å². The number of benzene rings is 2. The molecule has 3 nitrogen and oxygen atoms in total. The minimum Gasteiger partial charge on any atom is -0.398 e. The van der Waals surface area contributed by atoms with E-state index in [1.165, 1.54) is 11.1 Å². The van der Waals surface area contributed by atoms with Crippen LogP contribution < -0.4 is 11.1 Å². The first kappa shape index (κ1) is 13.2. The minimum absolute atomic E-state index is 0.0815. The minimum atomic E-state index is -0.0815. The molecule has 0 heterocycles. The van der Waals surface area contributed by atoms with E-state index in [2.05, 4.69) is 33.4 Å². The van der Waals surface area contributed by atoms with Crippen LogP contribution in [0.25, 0.3) is 0 Å². The number of nitrogens with one attached hydrogen (secondary N) is 1. The molecule has 0 bridgehead atoms. The fourth-order valence-electron chi connectivity index (χ4n) is 2.65. The predicted octanol–water partition coefficient (Wildman–Crippen LogP) is 2.93. The third kappa shape index (κ3) is 2.43. The Morgan fingerprint density at radius 1 is 1.10 bits per heavy atom. The van der Waals surface area contributed by atoms with Gasteiger partial charge in [0.25, 0.3) is 5.91 Å². The van der Waals surface area contributed by atoms with Gasteiger partial charge in [-0.1, -0.05) is 30.3 Å². The molecule has 0 fully saturated rings. The van der Waals surface area contributed by atoms with Crippen LogP contribution in [0, 0.1) is 0 Å². The number of rotatable bonds is 2. The molecule has 0 radical (unpaired) electrons. The van der Waals surface area contributed by atoms with Gasteiger partial charge in [0.05, 0.1) is 10.0 Å². The van der Waals surface area contributed by atoms with Gasteiger partial charge in [-0.3, -0.25) is 4.79 Å².